The Morgan fingerprint density at radius 3 is 1.89 bits per heavy atom. The monoisotopic (exact) mass is 658 g/mol. The van der Waals surface area contributed by atoms with Gasteiger partial charge in [0.25, 0.3) is 0 Å². The maximum absolute atomic E-state index is 12.6. The first-order chi connectivity index (χ1) is 21.8. The summed E-state index contributed by atoms with van der Waals surface area (Å²) in [4.78, 5) is 35.8. The first-order valence-electron chi connectivity index (χ1n) is 17.3. The fourth-order valence-corrected chi connectivity index (χ4v) is 6.25. The second kappa shape index (κ2) is 18.8. The fraction of sp³-hybridized carbons (Fsp3) is 0.912. The predicted octanol–water partition coefficient (Wildman–Crippen LogP) is 4.89. The number of Topliss-reactive ketones (excluding diaryl/α,β-unsaturated/α-hetero) is 1. The number of ketones is 1. The van der Waals surface area contributed by atoms with Gasteiger partial charge >= 0.3 is 11.9 Å². The van der Waals surface area contributed by atoms with Gasteiger partial charge in [-0.2, -0.15) is 0 Å². The van der Waals surface area contributed by atoms with Crippen LogP contribution in [0.5, 0.6) is 0 Å². The van der Waals surface area contributed by atoms with Crippen LogP contribution in [-0.2, 0) is 52.3 Å². The summed E-state index contributed by atoms with van der Waals surface area (Å²) in [6, 6.07) is 0. The first-order valence-corrected chi connectivity index (χ1v) is 17.3. The first kappa shape index (κ1) is 38.8. The van der Waals surface area contributed by atoms with Crippen LogP contribution in [0.1, 0.15) is 126 Å². The maximum atomic E-state index is 12.6. The van der Waals surface area contributed by atoms with Crippen LogP contribution in [-0.4, -0.2) is 96.6 Å². The van der Waals surface area contributed by atoms with Crippen LogP contribution in [0.15, 0.2) is 0 Å². The largest absolute Gasteiger partial charge is 0.457 e. The average molecular weight is 659 g/mol. The minimum atomic E-state index is -1.45. The highest BCUT2D eigenvalue weighted by Gasteiger charge is 2.57. The molecule has 10 atom stereocenters. The minimum Gasteiger partial charge on any atom is -0.457 e. The van der Waals surface area contributed by atoms with E-state index in [0.717, 1.165) is 12.8 Å². The molecule has 0 aromatic rings. The zero-order valence-corrected chi connectivity index (χ0v) is 28.9. The van der Waals surface area contributed by atoms with Crippen LogP contribution >= 0.6 is 0 Å². The zero-order chi connectivity index (χ0) is 33.9. The van der Waals surface area contributed by atoms with Crippen molar-refractivity contribution in [3.8, 4) is 0 Å². The van der Waals surface area contributed by atoms with Crippen molar-refractivity contribution < 1.29 is 57.4 Å². The molecule has 3 rings (SSSR count). The van der Waals surface area contributed by atoms with Gasteiger partial charge in [-0.25, -0.2) is 0 Å². The molecule has 0 spiro atoms. The molecule has 0 unspecified atom stereocenters. The summed E-state index contributed by atoms with van der Waals surface area (Å²) in [6.07, 6.45) is 2.90. The van der Waals surface area contributed by atoms with Gasteiger partial charge in [-0.1, -0.05) is 64.7 Å². The lowest BCUT2D eigenvalue weighted by atomic mass is 9.97. The van der Waals surface area contributed by atoms with Gasteiger partial charge in [-0.15, -0.1) is 0 Å². The highest BCUT2D eigenvalue weighted by atomic mass is 16.8. The molecule has 0 saturated carbocycles. The summed E-state index contributed by atoms with van der Waals surface area (Å²) < 4.78 is 48.2. The van der Waals surface area contributed by atoms with E-state index in [1.807, 2.05) is 6.92 Å². The predicted molar refractivity (Wildman–Crippen MR) is 167 cm³/mol. The van der Waals surface area contributed by atoms with E-state index >= 15 is 0 Å². The van der Waals surface area contributed by atoms with Gasteiger partial charge < -0.3 is 47.8 Å². The van der Waals surface area contributed by atoms with Gasteiger partial charge in [0.1, 0.15) is 30.2 Å². The van der Waals surface area contributed by atoms with Gasteiger partial charge in [0.05, 0.1) is 18.6 Å². The normalized spacial score (nSPS) is 33.7. The molecule has 3 aliphatic heterocycles. The van der Waals surface area contributed by atoms with E-state index in [9.17, 15) is 19.5 Å². The molecule has 3 aliphatic rings. The molecule has 0 aromatic carbocycles. The number of rotatable bonds is 19. The molecule has 3 saturated heterocycles. The smallest absolute Gasteiger partial charge is 0.306 e. The van der Waals surface area contributed by atoms with E-state index in [4.69, 9.17) is 37.9 Å². The molecule has 0 radical (unpaired) electrons. The van der Waals surface area contributed by atoms with E-state index in [-0.39, 0.29) is 18.6 Å². The Bertz CT molecular complexity index is 956. The fourth-order valence-electron chi connectivity index (χ4n) is 6.25. The Balaban J connectivity index is 1.61. The van der Waals surface area contributed by atoms with Crippen molar-refractivity contribution in [3.63, 3.8) is 0 Å². The quantitative estimate of drug-likeness (QED) is 0.149. The van der Waals surface area contributed by atoms with Crippen LogP contribution in [0, 0.1) is 0 Å². The second-order valence-corrected chi connectivity index (χ2v) is 13.4. The SMILES string of the molecule is CCCCCCCCCCCCO[C@@H]1O[C@@H](C)[C@H](O[C@@H]2O[C@@H](C)[C@H](OC(C)=O)[C@@H](O)[C@H]2OC(=O)CCC(C)=O)[C@H]2OC(C)(C)O[C@@H]12. The van der Waals surface area contributed by atoms with Crippen molar-refractivity contribution in [2.24, 2.45) is 0 Å². The van der Waals surface area contributed by atoms with Crippen LogP contribution in [0.2, 0.25) is 0 Å². The third kappa shape index (κ3) is 11.8. The number of unbranched alkanes of at least 4 members (excludes halogenated alkanes) is 9. The molecule has 0 aliphatic carbocycles. The lowest BCUT2D eigenvalue weighted by Gasteiger charge is -2.46. The average Bonchev–Trinajstić information content (AvgIpc) is 3.31. The summed E-state index contributed by atoms with van der Waals surface area (Å²) in [5.41, 5.74) is 0. The van der Waals surface area contributed by atoms with Crippen LogP contribution in [0.3, 0.4) is 0 Å². The molecule has 266 valence electrons. The number of hydrogen-bond donors (Lipinski definition) is 1. The lowest BCUT2D eigenvalue weighted by Crippen LogP contribution is -2.63. The van der Waals surface area contributed by atoms with Crippen molar-refractivity contribution in [2.75, 3.05) is 6.61 Å². The highest BCUT2D eigenvalue weighted by molar-refractivity contribution is 5.81. The second-order valence-electron chi connectivity index (χ2n) is 13.4. The Kier molecular flexibility index (Phi) is 15.8. The minimum absolute atomic E-state index is 0.0180. The maximum Gasteiger partial charge on any atom is 0.306 e. The van der Waals surface area contributed by atoms with Crippen LogP contribution in [0.25, 0.3) is 0 Å². The summed E-state index contributed by atoms with van der Waals surface area (Å²) in [7, 11) is 0. The molecule has 0 aromatic heterocycles. The lowest BCUT2D eigenvalue weighted by molar-refractivity contribution is -0.343. The Labute approximate surface area is 274 Å². The van der Waals surface area contributed by atoms with Crippen molar-refractivity contribution >= 4 is 17.7 Å². The summed E-state index contributed by atoms with van der Waals surface area (Å²) in [5.74, 6) is -2.47. The molecule has 0 amide bonds. The van der Waals surface area contributed by atoms with Crippen molar-refractivity contribution in [1.29, 1.82) is 0 Å². The number of aliphatic hydroxyl groups excluding tert-OH is 1. The molecule has 3 fully saturated rings. The van der Waals surface area contributed by atoms with Crippen molar-refractivity contribution in [3.05, 3.63) is 0 Å². The van der Waals surface area contributed by atoms with Gasteiger partial charge in [0.2, 0.25) is 0 Å². The van der Waals surface area contributed by atoms with Gasteiger partial charge in [-0.3, -0.25) is 9.59 Å². The number of ether oxygens (including phenoxy) is 8. The topological polar surface area (TPSA) is 145 Å². The zero-order valence-electron chi connectivity index (χ0n) is 28.9. The van der Waals surface area contributed by atoms with Crippen molar-refractivity contribution in [2.45, 2.75) is 193 Å². The van der Waals surface area contributed by atoms with Crippen molar-refractivity contribution in [1.82, 2.24) is 0 Å². The van der Waals surface area contributed by atoms with E-state index < -0.39 is 79.1 Å². The summed E-state index contributed by atoms with van der Waals surface area (Å²) in [5, 5.41) is 11.2. The van der Waals surface area contributed by atoms with Crippen LogP contribution in [0.4, 0.5) is 0 Å². The molecule has 1 N–H and O–H groups in total. The third-order valence-corrected chi connectivity index (χ3v) is 8.64. The number of carbonyl (C=O) groups is 3. The molecule has 0 bridgehead atoms. The molecular weight excluding hydrogens is 600 g/mol. The Hall–Kier alpha value is -1.67. The molecule has 46 heavy (non-hydrogen) atoms. The number of aliphatic hydroxyl groups is 1. The summed E-state index contributed by atoms with van der Waals surface area (Å²) in [6.45, 7) is 12.4. The molecule has 12 heteroatoms. The number of carbonyl (C=O) groups excluding carboxylic acids is 3. The highest BCUT2D eigenvalue weighted by Crippen LogP contribution is 2.40. The summed E-state index contributed by atoms with van der Waals surface area (Å²) >= 11 is 0. The van der Waals surface area contributed by atoms with Gasteiger partial charge in [-0.05, 0) is 41.0 Å². The van der Waals surface area contributed by atoms with E-state index in [1.54, 1.807) is 20.8 Å². The van der Waals surface area contributed by atoms with E-state index in [2.05, 4.69) is 6.92 Å². The number of hydrogen-bond acceptors (Lipinski definition) is 12. The third-order valence-electron chi connectivity index (χ3n) is 8.64. The standard InChI is InChI=1S/C34H58O12/c1-8-9-10-11-12-13-14-15-16-17-20-39-32-31-30(45-34(6,7)46-31)28(23(4)40-32)44-33-29(43-25(37)19-18-21(2)35)26(38)27(22(3)41-33)42-24(5)36/h22-23,26-33,38H,8-20H2,1-7H3/t22-,23-,26+,27-,28-,29+,30+,31+,32+,33-/m0/s1. The van der Waals surface area contributed by atoms with Gasteiger partial charge in [0, 0.05) is 20.0 Å². The molecule has 12 nitrogen and oxygen atoms in total. The van der Waals surface area contributed by atoms with Crippen LogP contribution < -0.4 is 0 Å². The number of esters is 2. The molecule has 3 heterocycles. The van der Waals surface area contributed by atoms with E-state index in [0.29, 0.717) is 6.61 Å². The van der Waals surface area contributed by atoms with Gasteiger partial charge in [0.15, 0.2) is 30.6 Å². The number of fused-ring (bicyclic) bond motifs is 1. The Morgan fingerprint density at radius 1 is 0.717 bits per heavy atom. The molecular formula is C34H58O12. The Morgan fingerprint density at radius 2 is 1.28 bits per heavy atom. The van der Waals surface area contributed by atoms with E-state index in [1.165, 1.54) is 65.2 Å².